The molecule has 0 bridgehead atoms. The monoisotopic (exact) mass is 273 g/mol. The van der Waals surface area contributed by atoms with Crippen molar-refractivity contribution in [3.63, 3.8) is 0 Å². The molecular formula is C17H20FNO. The van der Waals surface area contributed by atoms with Gasteiger partial charge in [0.1, 0.15) is 6.61 Å². The fraction of sp³-hybridized carbons (Fsp3) is 0.294. The Morgan fingerprint density at radius 2 is 1.80 bits per heavy atom. The van der Waals surface area contributed by atoms with Gasteiger partial charge in [0.25, 0.3) is 0 Å². The summed E-state index contributed by atoms with van der Waals surface area (Å²) in [6.45, 7) is 6.25. The fourth-order valence-corrected chi connectivity index (χ4v) is 2.14. The molecule has 0 aromatic heterocycles. The molecule has 1 unspecified atom stereocenters. The van der Waals surface area contributed by atoms with Crippen molar-refractivity contribution in [2.75, 3.05) is 0 Å². The van der Waals surface area contributed by atoms with Gasteiger partial charge in [-0.1, -0.05) is 24.3 Å². The van der Waals surface area contributed by atoms with Crippen molar-refractivity contribution in [3.05, 3.63) is 64.5 Å². The SMILES string of the molecule is Cc1cccc(C)c1COc1ccc(C(C)N)cc1F. The average molecular weight is 273 g/mol. The molecule has 106 valence electrons. The van der Waals surface area contributed by atoms with Crippen LogP contribution in [0.5, 0.6) is 5.75 Å². The van der Waals surface area contributed by atoms with Crippen LogP contribution in [0.3, 0.4) is 0 Å². The molecule has 0 spiro atoms. The lowest BCUT2D eigenvalue weighted by molar-refractivity contribution is 0.288. The third-order valence-corrected chi connectivity index (χ3v) is 3.50. The van der Waals surface area contributed by atoms with Gasteiger partial charge in [0.15, 0.2) is 11.6 Å². The van der Waals surface area contributed by atoms with E-state index in [9.17, 15) is 4.39 Å². The second kappa shape index (κ2) is 6.06. The standard InChI is InChI=1S/C17H20FNO/c1-11-5-4-6-12(2)15(11)10-20-17-8-7-14(13(3)19)9-16(17)18/h4-9,13H,10,19H2,1-3H3. The second-order valence-electron chi connectivity index (χ2n) is 5.14. The number of aryl methyl sites for hydroxylation is 2. The van der Waals surface area contributed by atoms with E-state index < -0.39 is 0 Å². The maximum atomic E-state index is 13.9. The second-order valence-corrected chi connectivity index (χ2v) is 5.14. The van der Waals surface area contributed by atoms with Crippen LogP contribution in [0, 0.1) is 19.7 Å². The first kappa shape index (κ1) is 14.5. The summed E-state index contributed by atoms with van der Waals surface area (Å²) in [5, 5.41) is 0. The van der Waals surface area contributed by atoms with E-state index in [2.05, 4.69) is 0 Å². The van der Waals surface area contributed by atoms with Gasteiger partial charge in [-0.25, -0.2) is 4.39 Å². The number of hydrogen-bond acceptors (Lipinski definition) is 2. The third kappa shape index (κ3) is 3.17. The molecule has 2 aromatic rings. The van der Waals surface area contributed by atoms with Crippen LogP contribution in [0.15, 0.2) is 36.4 Å². The van der Waals surface area contributed by atoms with Crippen molar-refractivity contribution in [2.45, 2.75) is 33.4 Å². The summed E-state index contributed by atoms with van der Waals surface area (Å²) in [7, 11) is 0. The van der Waals surface area contributed by atoms with E-state index in [-0.39, 0.29) is 17.6 Å². The molecule has 20 heavy (non-hydrogen) atoms. The van der Waals surface area contributed by atoms with E-state index in [1.807, 2.05) is 39.0 Å². The summed E-state index contributed by atoms with van der Waals surface area (Å²) in [6.07, 6.45) is 0. The fourth-order valence-electron chi connectivity index (χ4n) is 2.14. The highest BCUT2D eigenvalue weighted by molar-refractivity contribution is 5.35. The molecule has 0 aliphatic heterocycles. The molecule has 0 aliphatic rings. The molecule has 2 nitrogen and oxygen atoms in total. The molecule has 3 heteroatoms. The highest BCUT2D eigenvalue weighted by Gasteiger charge is 2.09. The van der Waals surface area contributed by atoms with Crippen LogP contribution in [0.1, 0.15) is 35.2 Å². The summed E-state index contributed by atoms with van der Waals surface area (Å²) in [4.78, 5) is 0. The Hall–Kier alpha value is -1.87. The van der Waals surface area contributed by atoms with Crippen LogP contribution in [0.4, 0.5) is 4.39 Å². The molecule has 1 atom stereocenters. The van der Waals surface area contributed by atoms with Gasteiger partial charge >= 0.3 is 0 Å². The van der Waals surface area contributed by atoms with E-state index in [0.29, 0.717) is 6.61 Å². The highest BCUT2D eigenvalue weighted by atomic mass is 19.1. The number of benzene rings is 2. The van der Waals surface area contributed by atoms with Gasteiger partial charge in [-0.2, -0.15) is 0 Å². The van der Waals surface area contributed by atoms with E-state index in [4.69, 9.17) is 10.5 Å². The summed E-state index contributed by atoms with van der Waals surface area (Å²) < 4.78 is 19.5. The summed E-state index contributed by atoms with van der Waals surface area (Å²) in [5.41, 5.74) is 9.90. The lowest BCUT2D eigenvalue weighted by atomic mass is 10.0. The van der Waals surface area contributed by atoms with Gasteiger partial charge in [-0.3, -0.25) is 0 Å². The van der Waals surface area contributed by atoms with E-state index in [0.717, 1.165) is 22.3 Å². The van der Waals surface area contributed by atoms with Crippen LogP contribution in [0.25, 0.3) is 0 Å². The Morgan fingerprint density at radius 3 is 2.35 bits per heavy atom. The van der Waals surface area contributed by atoms with Gasteiger partial charge in [0.05, 0.1) is 0 Å². The first-order valence-electron chi connectivity index (χ1n) is 6.72. The predicted molar refractivity (Wildman–Crippen MR) is 79.3 cm³/mol. The van der Waals surface area contributed by atoms with Crippen molar-refractivity contribution >= 4 is 0 Å². The molecule has 0 radical (unpaired) electrons. The highest BCUT2D eigenvalue weighted by Crippen LogP contribution is 2.23. The summed E-state index contributed by atoms with van der Waals surface area (Å²) in [6, 6.07) is 10.8. The molecule has 2 N–H and O–H groups in total. The molecule has 0 amide bonds. The molecule has 2 aromatic carbocycles. The number of halogens is 1. The van der Waals surface area contributed by atoms with Crippen molar-refractivity contribution in [2.24, 2.45) is 5.73 Å². The lowest BCUT2D eigenvalue weighted by Crippen LogP contribution is -2.06. The number of rotatable bonds is 4. The van der Waals surface area contributed by atoms with E-state index in [1.165, 1.54) is 6.07 Å². The van der Waals surface area contributed by atoms with E-state index in [1.54, 1.807) is 12.1 Å². The molecule has 0 heterocycles. The Labute approximate surface area is 119 Å². The summed E-state index contributed by atoms with van der Waals surface area (Å²) in [5.74, 6) is -0.108. The van der Waals surface area contributed by atoms with E-state index >= 15 is 0 Å². The predicted octanol–water partition coefficient (Wildman–Crippen LogP) is 4.04. The normalized spacial score (nSPS) is 12.2. The minimum Gasteiger partial charge on any atom is -0.486 e. The zero-order valence-corrected chi connectivity index (χ0v) is 12.1. The average Bonchev–Trinajstić information content (AvgIpc) is 2.39. The van der Waals surface area contributed by atoms with Crippen molar-refractivity contribution in [1.82, 2.24) is 0 Å². The smallest absolute Gasteiger partial charge is 0.165 e. The first-order valence-corrected chi connectivity index (χ1v) is 6.72. The van der Waals surface area contributed by atoms with Gasteiger partial charge in [-0.15, -0.1) is 0 Å². The molecule has 0 saturated carbocycles. The van der Waals surface area contributed by atoms with Crippen LogP contribution < -0.4 is 10.5 Å². The van der Waals surface area contributed by atoms with Crippen LogP contribution in [-0.4, -0.2) is 0 Å². The topological polar surface area (TPSA) is 35.2 Å². The Morgan fingerprint density at radius 1 is 1.15 bits per heavy atom. The minimum absolute atomic E-state index is 0.183. The number of nitrogens with two attached hydrogens (primary N) is 1. The lowest BCUT2D eigenvalue weighted by Gasteiger charge is -2.13. The molecule has 2 rings (SSSR count). The zero-order chi connectivity index (χ0) is 14.7. The molecule has 0 saturated heterocycles. The van der Waals surface area contributed by atoms with Crippen LogP contribution >= 0.6 is 0 Å². The van der Waals surface area contributed by atoms with Crippen molar-refractivity contribution in [3.8, 4) is 5.75 Å². The van der Waals surface area contributed by atoms with Gasteiger partial charge < -0.3 is 10.5 Å². The Balaban J connectivity index is 2.15. The van der Waals surface area contributed by atoms with Crippen LogP contribution in [-0.2, 0) is 6.61 Å². The molecular weight excluding hydrogens is 253 g/mol. The quantitative estimate of drug-likeness (QED) is 0.912. The maximum absolute atomic E-state index is 13.9. The molecule has 0 fully saturated rings. The van der Waals surface area contributed by atoms with Crippen molar-refractivity contribution in [1.29, 1.82) is 0 Å². The maximum Gasteiger partial charge on any atom is 0.165 e. The van der Waals surface area contributed by atoms with Crippen LogP contribution in [0.2, 0.25) is 0 Å². The summed E-state index contributed by atoms with van der Waals surface area (Å²) >= 11 is 0. The van der Waals surface area contributed by atoms with Gasteiger partial charge in [0, 0.05) is 6.04 Å². The van der Waals surface area contributed by atoms with Gasteiger partial charge in [0.2, 0.25) is 0 Å². The van der Waals surface area contributed by atoms with Crippen molar-refractivity contribution < 1.29 is 9.13 Å². The third-order valence-electron chi connectivity index (χ3n) is 3.50. The Kier molecular flexibility index (Phi) is 4.40. The molecule has 0 aliphatic carbocycles. The first-order chi connectivity index (χ1) is 9.49. The number of ether oxygens (including phenoxy) is 1. The zero-order valence-electron chi connectivity index (χ0n) is 12.1. The Bertz CT molecular complexity index is 588. The largest absolute Gasteiger partial charge is 0.486 e. The van der Waals surface area contributed by atoms with Gasteiger partial charge in [-0.05, 0) is 55.2 Å². The number of hydrogen-bond donors (Lipinski definition) is 1. The minimum atomic E-state index is -0.369.